The summed E-state index contributed by atoms with van der Waals surface area (Å²) in [6.07, 6.45) is 7.53. The van der Waals surface area contributed by atoms with E-state index < -0.39 is 41.3 Å². The highest BCUT2D eigenvalue weighted by molar-refractivity contribution is 7.13. The Bertz CT molecular complexity index is 2940. The van der Waals surface area contributed by atoms with Crippen molar-refractivity contribution in [1.29, 1.82) is 0 Å². The van der Waals surface area contributed by atoms with Crippen molar-refractivity contribution in [2.75, 3.05) is 33.0 Å². The predicted octanol–water partition coefficient (Wildman–Crippen LogP) is 6.90. The maximum atomic E-state index is 15.8. The maximum absolute atomic E-state index is 15.8. The first kappa shape index (κ1) is 50.8. The standard InChI is InChI=1S/C51H59F2N11O6S/c1-33-45(71-32-56-33)35-13-11-34(12-14-35)28-55-47(67)42-27-39(65)31-63(42)48(68)46(50(2,3)4)58-44(66)19-25-70-24-8-7-23-69-22-6-5-21-62-30-37(29-57-62)41-17-18-43-59-60-49(64(43)61-41)51(52,53)38-15-16-40-36(26-38)10-9-20-54-40/h9-18,20,26,29-30,32,39,42,46,65H,5-8,19,21-25,27-28,31H2,1-4H3,(H,55,67)(H,58,66)/t39-,42+,46-/m1/s1. The monoisotopic (exact) mass is 991 g/mol. The molecule has 0 spiro atoms. The Balaban J connectivity index is 0.701. The molecule has 17 nitrogen and oxygen atoms in total. The molecule has 8 rings (SSSR count). The summed E-state index contributed by atoms with van der Waals surface area (Å²) in [5, 5.41) is 33.6. The number of aryl methyl sites for hydroxylation is 2. The number of aliphatic hydroxyl groups excluding tert-OH is 1. The molecule has 2 aromatic carbocycles. The summed E-state index contributed by atoms with van der Waals surface area (Å²) in [5.74, 6) is -5.18. The van der Waals surface area contributed by atoms with Crippen LogP contribution in [-0.2, 0) is 42.9 Å². The molecule has 0 aliphatic carbocycles. The number of unbranched alkanes of at least 4 members (excludes halogenated alkanes) is 2. The van der Waals surface area contributed by atoms with Crippen molar-refractivity contribution in [3.8, 4) is 21.7 Å². The normalized spacial score (nSPS) is 15.7. The molecular weight excluding hydrogens is 933 g/mol. The molecule has 374 valence electrons. The number of hydrogen-bond donors (Lipinski definition) is 3. The molecule has 1 aliphatic heterocycles. The van der Waals surface area contributed by atoms with Crippen molar-refractivity contribution in [3.05, 3.63) is 113 Å². The largest absolute Gasteiger partial charge is 0.391 e. The number of fused-ring (bicyclic) bond motifs is 2. The van der Waals surface area contributed by atoms with E-state index in [0.717, 1.165) is 51.9 Å². The third kappa shape index (κ3) is 12.5. The fourth-order valence-corrected chi connectivity index (χ4v) is 9.24. The zero-order chi connectivity index (χ0) is 50.1. The Morgan fingerprint density at radius 2 is 1.68 bits per heavy atom. The number of pyridine rings is 1. The molecule has 6 heterocycles. The minimum atomic E-state index is -3.47. The minimum absolute atomic E-state index is 0.00500. The number of hydrogen-bond acceptors (Lipinski definition) is 13. The highest BCUT2D eigenvalue weighted by Gasteiger charge is 2.45. The highest BCUT2D eigenvalue weighted by Crippen LogP contribution is 2.36. The van der Waals surface area contributed by atoms with Crippen LogP contribution in [0.1, 0.15) is 81.9 Å². The number of nitrogens with zero attached hydrogens (tertiary/aromatic N) is 9. The molecule has 3 atom stereocenters. The lowest BCUT2D eigenvalue weighted by atomic mass is 9.85. The Kier molecular flexibility index (Phi) is 16.2. The lowest BCUT2D eigenvalue weighted by molar-refractivity contribution is -0.144. The number of benzene rings is 2. The zero-order valence-corrected chi connectivity index (χ0v) is 41.1. The van der Waals surface area contributed by atoms with Crippen LogP contribution in [0.4, 0.5) is 8.78 Å². The smallest absolute Gasteiger partial charge is 0.333 e. The molecule has 3 N–H and O–H groups in total. The number of nitrogens with one attached hydrogen (secondary N) is 2. The third-order valence-electron chi connectivity index (χ3n) is 12.4. The molecule has 0 unspecified atom stereocenters. The van der Waals surface area contributed by atoms with Gasteiger partial charge < -0.3 is 30.1 Å². The van der Waals surface area contributed by atoms with E-state index in [4.69, 9.17) is 9.47 Å². The van der Waals surface area contributed by atoms with E-state index in [2.05, 4.69) is 41.0 Å². The van der Waals surface area contributed by atoms with E-state index in [0.29, 0.717) is 48.5 Å². The Labute approximate surface area is 414 Å². The van der Waals surface area contributed by atoms with E-state index in [1.165, 1.54) is 17.0 Å². The molecule has 3 amide bonds. The lowest BCUT2D eigenvalue weighted by Gasteiger charge is -2.35. The van der Waals surface area contributed by atoms with E-state index in [-0.39, 0.29) is 55.6 Å². The van der Waals surface area contributed by atoms with Crippen LogP contribution in [-0.4, -0.2) is 118 Å². The summed E-state index contributed by atoms with van der Waals surface area (Å²) >= 11 is 1.57. The van der Waals surface area contributed by atoms with Gasteiger partial charge in [-0.05, 0) is 79.5 Å². The minimum Gasteiger partial charge on any atom is -0.391 e. The van der Waals surface area contributed by atoms with Gasteiger partial charge in [0.15, 0.2) is 5.65 Å². The molecule has 20 heteroatoms. The van der Waals surface area contributed by atoms with Gasteiger partial charge in [-0.25, -0.2) is 4.98 Å². The van der Waals surface area contributed by atoms with Crippen molar-refractivity contribution >= 4 is 45.6 Å². The van der Waals surface area contributed by atoms with Gasteiger partial charge in [-0.1, -0.05) is 57.2 Å². The van der Waals surface area contributed by atoms with Crippen LogP contribution >= 0.6 is 11.3 Å². The second-order valence-electron chi connectivity index (χ2n) is 18.8. The van der Waals surface area contributed by atoms with E-state index in [1.807, 2.05) is 63.7 Å². The van der Waals surface area contributed by atoms with Crippen molar-refractivity contribution in [3.63, 3.8) is 0 Å². The summed E-state index contributed by atoms with van der Waals surface area (Å²) in [4.78, 5) is 51.5. The van der Waals surface area contributed by atoms with Crippen molar-refractivity contribution in [1.82, 2.24) is 55.1 Å². The van der Waals surface area contributed by atoms with Crippen LogP contribution in [0, 0.1) is 12.3 Å². The first-order valence-electron chi connectivity index (χ1n) is 23.8. The number of carbonyl (C=O) groups is 3. The van der Waals surface area contributed by atoms with Crippen LogP contribution < -0.4 is 10.6 Å². The van der Waals surface area contributed by atoms with Gasteiger partial charge in [-0.2, -0.15) is 23.5 Å². The number of halogens is 2. The molecule has 1 fully saturated rings. The highest BCUT2D eigenvalue weighted by atomic mass is 32.1. The first-order valence-corrected chi connectivity index (χ1v) is 24.7. The number of alkyl halides is 2. The van der Waals surface area contributed by atoms with E-state index in [9.17, 15) is 19.5 Å². The summed E-state index contributed by atoms with van der Waals surface area (Å²) in [6.45, 7) is 10.2. The molecule has 5 aromatic heterocycles. The predicted molar refractivity (Wildman–Crippen MR) is 263 cm³/mol. The van der Waals surface area contributed by atoms with Gasteiger partial charge in [0.2, 0.25) is 23.5 Å². The zero-order valence-electron chi connectivity index (χ0n) is 40.3. The quantitative estimate of drug-likeness (QED) is 0.0594. The Morgan fingerprint density at radius 1 is 0.915 bits per heavy atom. The number of β-amino-alcohol motifs (C(OH)–C–C–N with tert-alkyl or cyclic N) is 1. The van der Waals surface area contributed by atoms with Crippen molar-refractivity contribution in [2.45, 2.75) is 103 Å². The van der Waals surface area contributed by atoms with Gasteiger partial charge >= 0.3 is 5.92 Å². The van der Waals surface area contributed by atoms with Crippen LogP contribution in [0.2, 0.25) is 0 Å². The van der Waals surface area contributed by atoms with Crippen molar-refractivity contribution in [2.24, 2.45) is 5.41 Å². The number of ether oxygens (including phenoxy) is 2. The molecule has 0 radical (unpaired) electrons. The third-order valence-corrected chi connectivity index (χ3v) is 13.4. The number of thiazole rings is 1. The molecule has 1 aliphatic rings. The molecule has 1 saturated heterocycles. The number of likely N-dealkylation sites (tertiary alicyclic amines) is 1. The fourth-order valence-electron chi connectivity index (χ4n) is 8.43. The SMILES string of the molecule is Cc1ncsc1-c1ccc(CNC(=O)[C@@H]2C[C@@H](O)CN2C(=O)[C@@H](NC(=O)CCOCCCCOCCCCn2cc(-c3ccc4nnc(C(F)(F)c5ccc6ncccc6c5)n4n3)cn2)C(C)(C)C)cc1. The molecule has 0 bridgehead atoms. The molecule has 0 saturated carbocycles. The van der Waals surface area contributed by atoms with Gasteiger partial charge in [0.1, 0.15) is 12.1 Å². The van der Waals surface area contributed by atoms with Crippen LogP contribution in [0.15, 0.2) is 90.8 Å². The summed E-state index contributed by atoms with van der Waals surface area (Å²) in [6, 6.07) is 17.1. The van der Waals surface area contributed by atoms with Crippen LogP contribution in [0.3, 0.4) is 0 Å². The molecule has 7 aromatic rings. The Hall–Kier alpha value is -6.61. The number of aliphatic hydroxyl groups is 1. The van der Waals surface area contributed by atoms with Gasteiger partial charge in [0.25, 0.3) is 0 Å². The molecular formula is C51H59F2N11O6S. The lowest BCUT2D eigenvalue weighted by Crippen LogP contribution is -2.57. The second kappa shape index (κ2) is 22.6. The van der Waals surface area contributed by atoms with Crippen LogP contribution in [0.5, 0.6) is 0 Å². The number of carbonyl (C=O) groups excluding carboxylic acids is 3. The van der Waals surface area contributed by atoms with Gasteiger partial charge in [0.05, 0.1) is 46.2 Å². The maximum Gasteiger partial charge on any atom is 0.333 e. The van der Waals surface area contributed by atoms with E-state index >= 15 is 8.78 Å². The summed E-state index contributed by atoms with van der Waals surface area (Å²) in [7, 11) is 0. The van der Waals surface area contributed by atoms with E-state index in [1.54, 1.807) is 58.7 Å². The topological polar surface area (TPSA) is 204 Å². The molecule has 71 heavy (non-hydrogen) atoms. The van der Waals surface area contributed by atoms with Gasteiger partial charge in [-0.15, -0.1) is 21.5 Å². The van der Waals surface area contributed by atoms with Gasteiger partial charge in [0, 0.05) is 81.2 Å². The summed E-state index contributed by atoms with van der Waals surface area (Å²) < 4.78 is 46.1. The van der Waals surface area contributed by atoms with Crippen LogP contribution in [0.25, 0.3) is 38.2 Å². The summed E-state index contributed by atoms with van der Waals surface area (Å²) in [5.41, 5.74) is 5.74. The first-order chi connectivity index (χ1) is 34.2. The van der Waals surface area contributed by atoms with Crippen molar-refractivity contribution < 1.29 is 37.7 Å². The van der Waals surface area contributed by atoms with Gasteiger partial charge in [-0.3, -0.25) is 24.0 Å². The second-order valence-corrected chi connectivity index (χ2v) is 19.7. The Morgan fingerprint density at radius 3 is 2.42 bits per heavy atom. The number of aromatic nitrogens is 8. The number of amides is 3. The average Bonchev–Trinajstić information content (AvgIpc) is 4.19. The number of rotatable bonds is 22. The average molecular weight is 992 g/mol. The fraction of sp³-hybridized carbons (Fsp3) is 0.431.